The van der Waals surface area contributed by atoms with Crippen LogP contribution in [-0.4, -0.2) is 0 Å². The summed E-state index contributed by atoms with van der Waals surface area (Å²) in [7, 11) is -33.0. The van der Waals surface area contributed by atoms with Crippen molar-refractivity contribution in [1.29, 1.82) is 0 Å². The third-order valence-electron chi connectivity index (χ3n) is 0. The summed E-state index contributed by atoms with van der Waals surface area (Å²) in [6.07, 6.45) is 0. The maximum absolute atomic E-state index is 9.73. The SMILES string of the molecule is FP(F)F.FP(F)F.FP(F)F.FP(F)F.FP(F)F.FP(F)F.FP(F)F.FP(F)F.[Rh].[Rh]. The standard InChI is InChI=1S/8F3P.2Rh/c8*1-4(2)3;;. The van der Waals surface area contributed by atoms with Crippen LogP contribution in [0.4, 0.5) is 101 Å². The molecule has 0 amide bonds. The summed E-state index contributed by atoms with van der Waals surface area (Å²) in [5, 5.41) is 0. The Labute approximate surface area is 210 Å². The van der Waals surface area contributed by atoms with E-state index in [1.54, 1.807) is 0 Å². The Morgan fingerprint density at radius 3 is 0.147 bits per heavy atom. The van der Waals surface area contributed by atoms with Crippen LogP contribution >= 0.6 is 70.8 Å². The minimum Gasteiger partial charge on any atom is -0.152 e. The van der Waals surface area contributed by atoms with E-state index in [2.05, 4.69) is 0 Å². The summed E-state index contributed by atoms with van der Waals surface area (Å²) in [5.41, 5.74) is 0. The molecule has 0 bridgehead atoms. The van der Waals surface area contributed by atoms with Crippen LogP contribution in [-0.2, 0) is 39.0 Å². The summed E-state index contributed by atoms with van der Waals surface area (Å²) < 4.78 is 234. The predicted molar refractivity (Wildman–Crippen MR) is 82.0 cm³/mol. The van der Waals surface area contributed by atoms with Crippen molar-refractivity contribution < 1.29 is 140 Å². The molecule has 34 heavy (non-hydrogen) atoms. The fourth-order valence-corrected chi connectivity index (χ4v) is 0. The second kappa shape index (κ2) is 60.5. The molecule has 0 rings (SSSR count). The third-order valence-corrected chi connectivity index (χ3v) is 0. The molecular weight excluding hydrogens is 910 g/mol. The Balaban J connectivity index is -0.0000000240. The van der Waals surface area contributed by atoms with Crippen LogP contribution in [0.15, 0.2) is 0 Å². The zero-order valence-electron chi connectivity index (χ0n) is 13.3. The number of hydrogen-bond donors (Lipinski definition) is 0. The van der Waals surface area contributed by atoms with Gasteiger partial charge in [-0.2, -0.15) is 101 Å². The zero-order valence-corrected chi connectivity index (χ0v) is 23.7. The van der Waals surface area contributed by atoms with Crippen LogP contribution in [0.25, 0.3) is 0 Å². The minimum absolute atomic E-state index is 0. The van der Waals surface area contributed by atoms with Gasteiger partial charge >= 0.3 is 70.8 Å². The fraction of sp³-hybridized carbons (Fsp3) is 0. The van der Waals surface area contributed by atoms with Gasteiger partial charge in [0.25, 0.3) is 0 Å². The summed E-state index contributed by atoms with van der Waals surface area (Å²) in [6.45, 7) is 0. The minimum atomic E-state index is -4.12. The molecule has 0 spiro atoms. The first kappa shape index (κ1) is 65.8. The van der Waals surface area contributed by atoms with Crippen LogP contribution in [0, 0.1) is 0 Å². The molecule has 0 aromatic rings. The van der Waals surface area contributed by atoms with Crippen LogP contribution in [0.1, 0.15) is 0 Å². The molecule has 0 aliphatic rings. The predicted octanol–water partition coefficient (Wildman–Crippen LogP) is 17.0. The van der Waals surface area contributed by atoms with Crippen molar-refractivity contribution in [2.24, 2.45) is 0 Å². The van der Waals surface area contributed by atoms with Gasteiger partial charge < -0.3 is 0 Å². The van der Waals surface area contributed by atoms with E-state index >= 15 is 0 Å². The molecule has 0 aromatic heterocycles. The second-order valence-corrected chi connectivity index (χ2v) is 4.60. The van der Waals surface area contributed by atoms with Gasteiger partial charge in [0.15, 0.2) is 0 Å². The van der Waals surface area contributed by atoms with Crippen molar-refractivity contribution >= 4 is 70.8 Å². The van der Waals surface area contributed by atoms with E-state index < -0.39 is 70.8 Å². The molecular formula is F24P8Rh2. The molecule has 0 aliphatic carbocycles. The number of hydrogen-bond acceptors (Lipinski definition) is 0. The fourth-order valence-electron chi connectivity index (χ4n) is 0. The van der Waals surface area contributed by atoms with Crippen molar-refractivity contribution in [2.75, 3.05) is 0 Å². The molecule has 0 N–H and O–H groups in total. The average molecular weight is 910 g/mol. The average Bonchev–Trinajstić information content (AvgIpc) is 2.30. The van der Waals surface area contributed by atoms with Gasteiger partial charge in [-0.3, -0.25) is 0 Å². The summed E-state index contributed by atoms with van der Waals surface area (Å²) in [5.74, 6) is 0. The van der Waals surface area contributed by atoms with Gasteiger partial charge in [-0.05, 0) is 0 Å². The van der Waals surface area contributed by atoms with Crippen LogP contribution in [0.3, 0.4) is 0 Å². The Hall–Kier alpha value is 3.01. The molecule has 0 aliphatic heterocycles. The third kappa shape index (κ3) is 4480. The summed E-state index contributed by atoms with van der Waals surface area (Å²) in [6, 6.07) is 0. The smallest absolute Gasteiger partial charge is 0.152 e. The van der Waals surface area contributed by atoms with Crippen molar-refractivity contribution in [2.45, 2.75) is 0 Å². The molecule has 0 nitrogen and oxygen atoms in total. The molecule has 2 radical (unpaired) electrons. The van der Waals surface area contributed by atoms with E-state index in [1.165, 1.54) is 0 Å². The first-order valence-electron chi connectivity index (χ1n) is 4.06. The topological polar surface area (TPSA) is 0 Å². The van der Waals surface area contributed by atoms with Crippen molar-refractivity contribution in [3.8, 4) is 0 Å². The second-order valence-electron chi connectivity index (χ2n) is 1.53. The van der Waals surface area contributed by atoms with Crippen LogP contribution < -0.4 is 0 Å². The van der Waals surface area contributed by atoms with Crippen molar-refractivity contribution in [3.05, 3.63) is 0 Å². The van der Waals surface area contributed by atoms with Gasteiger partial charge in [-0.25, -0.2) is 0 Å². The Kier molecular flexibility index (Phi) is 117. The van der Waals surface area contributed by atoms with Gasteiger partial charge in [0.05, 0.1) is 0 Å². The van der Waals surface area contributed by atoms with E-state index in [0.717, 1.165) is 0 Å². The van der Waals surface area contributed by atoms with Crippen molar-refractivity contribution in [3.63, 3.8) is 0 Å². The van der Waals surface area contributed by atoms with E-state index in [1.807, 2.05) is 0 Å². The number of halogens is 24. The van der Waals surface area contributed by atoms with Gasteiger partial charge in [-0.1, -0.05) is 0 Å². The molecule has 34 heteroatoms. The Bertz CT molecular complexity index is 147. The summed E-state index contributed by atoms with van der Waals surface area (Å²) in [4.78, 5) is 0. The molecule has 226 valence electrons. The molecule has 0 saturated heterocycles. The molecule has 0 heterocycles. The summed E-state index contributed by atoms with van der Waals surface area (Å²) >= 11 is 0. The molecule has 0 saturated carbocycles. The van der Waals surface area contributed by atoms with Crippen LogP contribution in [0.2, 0.25) is 0 Å². The van der Waals surface area contributed by atoms with Crippen LogP contribution in [0.5, 0.6) is 0 Å². The molecule has 0 fully saturated rings. The maximum atomic E-state index is 9.73. The van der Waals surface area contributed by atoms with E-state index in [-0.39, 0.29) is 39.0 Å². The van der Waals surface area contributed by atoms with Gasteiger partial charge in [0.2, 0.25) is 0 Å². The van der Waals surface area contributed by atoms with E-state index in [0.29, 0.717) is 0 Å². The Morgan fingerprint density at radius 2 is 0.147 bits per heavy atom. The molecule has 0 atom stereocenters. The van der Waals surface area contributed by atoms with E-state index in [4.69, 9.17) is 0 Å². The maximum Gasteiger partial charge on any atom is 0.456 e. The van der Waals surface area contributed by atoms with Gasteiger partial charge in [0.1, 0.15) is 0 Å². The monoisotopic (exact) mass is 910 g/mol. The Morgan fingerprint density at radius 1 is 0.147 bits per heavy atom. The molecule has 0 aromatic carbocycles. The molecule has 0 unspecified atom stereocenters. The first-order chi connectivity index (χ1) is 13.9. The van der Waals surface area contributed by atoms with Crippen molar-refractivity contribution in [1.82, 2.24) is 0 Å². The van der Waals surface area contributed by atoms with Gasteiger partial charge in [0, 0.05) is 39.0 Å². The van der Waals surface area contributed by atoms with E-state index in [9.17, 15) is 101 Å². The quantitative estimate of drug-likeness (QED) is 0.129. The largest absolute Gasteiger partial charge is 0.456 e. The zero-order chi connectivity index (χ0) is 28.6. The number of rotatable bonds is 0. The normalized spacial score (nSPS) is 8.47. The van der Waals surface area contributed by atoms with Gasteiger partial charge in [-0.15, -0.1) is 0 Å². The first-order valence-corrected chi connectivity index (χ1v) is 12.2.